The van der Waals surface area contributed by atoms with E-state index in [9.17, 15) is 9.59 Å². The van der Waals surface area contributed by atoms with Crippen molar-refractivity contribution in [3.63, 3.8) is 0 Å². The summed E-state index contributed by atoms with van der Waals surface area (Å²) in [6.45, 7) is 3.71. The maximum atomic E-state index is 13.0. The lowest BCUT2D eigenvalue weighted by molar-refractivity contribution is 0.0991. The van der Waals surface area contributed by atoms with E-state index in [-0.39, 0.29) is 17.8 Å². The molecule has 35 heavy (non-hydrogen) atoms. The van der Waals surface area contributed by atoms with Crippen LogP contribution in [0.4, 0.5) is 28.8 Å². The molecule has 0 saturated carbocycles. The van der Waals surface area contributed by atoms with Crippen LogP contribution in [0.1, 0.15) is 20.7 Å². The van der Waals surface area contributed by atoms with Gasteiger partial charge in [0.25, 0.3) is 11.8 Å². The largest absolute Gasteiger partial charge is 0.368 e. The number of nitrogens with zero attached hydrogens (tertiary/aromatic N) is 6. The third-order valence-corrected chi connectivity index (χ3v) is 6.81. The van der Waals surface area contributed by atoms with Crippen molar-refractivity contribution in [2.45, 2.75) is 0 Å². The van der Waals surface area contributed by atoms with Crippen LogP contribution >= 0.6 is 11.6 Å². The zero-order valence-corrected chi connectivity index (χ0v) is 20.6. The van der Waals surface area contributed by atoms with E-state index in [1.165, 1.54) is 4.90 Å². The van der Waals surface area contributed by atoms with Crippen molar-refractivity contribution in [2.75, 3.05) is 67.3 Å². The second-order valence-corrected chi connectivity index (χ2v) is 9.16. The Bertz CT molecular complexity index is 1310. The quantitative estimate of drug-likeness (QED) is 0.600. The van der Waals surface area contributed by atoms with Crippen LogP contribution in [0.25, 0.3) is 0 Å². The summed E-state index contributed by atoms with van der Waals surface area (Å²) in [5.41, 5.74) is 3.18. The highest BCUT2D eigenvalue weighted by atomic mass is 35.5. The molecule has 1 fully saturated rings. The van der Waals surface area contributed by atoms with Gasteiger partial charge in [-0.2, -0.15) is 4.98 Å². The number of anilines is 5. The molecule has 0 unspecified atom stereocenters. The number of amides is 2. The monoisotopic (exact) mass is 491 g/mol. The van der Waals surface area contributed by atoms with Crippen molar-refractivity contribution in [1.82, 2.24) is 14.9 Å². The smallest absolute Gasteiger partial charge is 0.260 e. The molecule has 2 aromatic carbocycles. The fraction of sp³-hybridized carbons (Fsp3) is 0.280. The Morgan fingerprint density at radius 1 is 0.943 bits per heavy atom. The minimum atomic E-state index is -0.363. The molecule has 3 heterocycles. The molecule has 9 nitrogen and oxygen atoms in total. The van der Waals surface area contributed by atoms with Crippen molar-refractivity contribution >= 4 is 52.2 Å². The number of hydrogen-bond acceptors (Lipinski definition) is 7. The van der Waals surface area contributed by atoms with Crippen LogP contribution in [0.15, 0.2) is 48.7 Å². The molecule has 2 aliphatic rings. The fourth-order valence-electron chi connectivity index (χ4n) is 4.39. The highest BCUT2D eigenvalue weighted by molar-refractivity contribution is 6.33. The summed E-state index contributed by atoms with van der Waals surface area (Å²) in [7, 11) is 5.62. The maximum Gasteiger partial charge on any atom is 0.260 e. The summed E-state index contributed by atoms with van der Waals surface area (Å²) in [5, 5.41) is 3.29. The lowest BCUT2D eigenvalue weighted by atomic mass is 10.1. The standard InChI is InChI=1S/C25H26ClN7O2/c1-30-10-12-33(13-11-30)20-9-8-16(14-18(20)26)23(34)29-25-27-15-21-22(28-25)31(2)19-7-5-4-6-17(19)24(35)32(21)3/h4-9,14-15H,10-13H2,1-3H3,(H,27,28,29,34). The van der Waals surface area contributed by atoms with Gasteiger partial charge in [0.2, 0.25) is 5.95 Å². The first-order valence-electron chi connectivity index (χ1n) is 11.4. The summed E-state index contributed by atoms with van der Waals surface area (Å²) < 4.78 is 0. The molecule has 3 aromatic rings. The molecule has 0 atom stereocenters. The molecular weight excluding hydrogens is 466 g/mol. The predicted molar refractivity (Wildman–Crippen MR) is 138 cm³/mol. The topological polar surface area (TPSA) is 84.9 Å². The van der Waals surface area contributed by atoms with Crippen molar-refractivity contribution in [3.8, 4) is 0 Å². The Balaban J connectivity index is 1.39. The van der Waals surface area contributed by atoms with Gasteiger partial charge in [-0.25, -0.2) is 4.98 Å². The Labute approximate surface area is 208 Å². The normalized spacial score (nSPS) is 16.0. The van der Waals surface area contributed by atoms with Gasteiger partial charge < -0.3 is 19.6 Å². The number of aromatic nitrogens is 2. The number of benzene rings is 2. The van der Waals surface area contributed by atoms with Gasteiger partial charge in [-0.1, -0.05) is 23.7 Å². The molecule has 2 amide bonds. The predicted octanol–water partition coefficient (Wildman–Crippen LogP) is 3.49. The molecule has 0 spiro atoms. The first-order valence-corrected chi connectivity index (χ1v) is 11.7. The molecule has 5 rings (SSSR count). The molecule has 10 heteroatoms. The van der Waals surface area contributed by atoms with E-state index in [1.807, 2.05) is 36.2 Å². The number of rotatable bonds is 3. The maximum absolute atomic E-state index is 13.0. The van der Waals surface area contributed by atoms with Crippen molar-refractivity contribution < 1.29 is 9.59 Å². The van der Waals surface area contributed by atoms with Crippen LogP contribution in [0.3, 0.4) is 0 Å². The third-order valence-electron chi connectivity index (χ3n) is 6.51. The van der Waals surface area contributed by atoms with Gasteiger partial charge in [0.05, 0.1) is 28.2 Å². The van der Waals surface area contributed by atoms with Crippen LogP contribution in [-0.2, 0) is 0 Å². The Morgan fingerprint density at radius 3 is 2.43 bits per heavy atom. The summed E-state index contributed by atoms with van der Waals surface area (Å²) >= 11 is 6.55. The zero-order chi connectivity index (χ0) is 24.7. The lowest BCUT2D eigenvalue weighted by Crippen LogP contribution is -2.44. The van der Waals surface area contributed by atoms with E-state index in [0.717, 1.165) is 37.6 Å². The number of para-hydroxylation sites is 1. The number of halogens is 1. The van der Waals surface area contributed by atoms with Crippen molar-refractivity contribution in [2.24, 2.45) is 0 Å². The highest BCUT2D eigenvalue weighted by Gasteiger charge is 2.29. The number of piperazine rings is 1. The molecule has 180 valence electrons. The van der Waals surface area contributed by atoms with Gasteiger partial charge in [-0.05, 0) is 37.4 Å². The summed E-state index contributed by atoms with van der Waals surface area (Å²) in [6, 6.07) is 12.6. The van der Waals surface area contributed by atoms with Crippen LogP contribution in [-0.4, -0.2) is 74.0 Å². The Morgan fingerprint density at radius 2 is 1.69 bits per heavy atom. The molecule has 2 aliphatic heterocycles. The van der Waals surface area contributed by atoms with Crippen molar-refractivity contribution in [3.05, 3.63) is 64.8 Å². The van der Waals surface area contributed by atoms with E-state index in [2.05, 4.69) is 32.1 Å². The number of hydrogen-bond donors (Lipinski definition) is 1. The summed E-state index contributed by atoms with van der Waals surface area (Å²) in [6.07, 6.45) is 1.54. The molecule has 0 aliphatic carbocycles. The first-order chi connectivity index (χ1) is 16.8. The molecular formula is C25H26ClN7O2. The number of likely N-dealkylation sites (N-methyl/N-ethyl adjacent to an activating group) is 1. The van der Waals surface area contributed by atoms with E-state index in [0.29, 0.717) is 27.7 Å². The summed E-state index contributed by atoms with van der Waals surface area (Å²) in [4.78, 5) is 42.6. The van der Waals surface area contributed by atoms with Crippen LogP contribution < -0.4 is 20.0 Å². The minimum absolute atomic E-state index is 0.139. The average molecular weight is 492 g/mol. The second-order valence-electron chi connectivity index (χ2n) is 8.75. The molecule has 0 radical (unpaired) electrons. The van der Waals surface area contributed by atoms with Gasteiger partial charge in [-0.15, -0.1) is 0 Å². The molecule has 1 N–H and O–H groups in total. The molecule has 0 bridgehead atoms. The Kier molecular flexibility index (Phi) is 6.04. The van der Waals surface area contributed by atoms with Gasteiger partial charge in [0.15, 0.2) is 5.82 Å². The second kappa shape index (κ2) is 9.16. The third kappa shape index (κ3) is 4.28. The van der Waals surface area contributed by atoms with Crippen LogP contribution in [0, 0.1) is 0 Å². The Hall–Kier alpha value is -3.69. The van der Waals surface area contributed by atoms with Crippen LogP contribution in [0.2, 0.25) is 5.02 Å². The first kappa shape index (κ1) is 23.1. The van der Waals surface area contributed by atoms with E-state index in [1.54, 1.807) is 31.4 Å². The number of fused-ring (bicyclic) bond motifs is 2. The van der Waals surface area contributed by atoms with Gasteiger partial charge in [0, 0.05) is 45.8 Å². The number of nitrogens with one attached hydrogen (secondary N) is 1. The van der Waals surface area contributed by atoms with Crippen LogP contribution in [0.5, 0.6) is 0 Å². The SMILES string of the molecule is CN1CCN(c2ccc(C(=O)Nc3ncc4c(n3)N(C)c3ccccc3C(=O)N4C)cc2Cl)CC1. The highest BCUT2D eigenvalue weighted by Crippen LogP contribution is 2.37. The fourth-order valence-corrected chi connectivity index (χ4v) is 4.69. The van der Waals surface area contributed by atoms with Gasteiger partial charge in [-0.3, -0.25) is 14.9 Å². The summed E-state index contributed by atoms with van der Waals surface area (Å²) in [5.74, 6) is 0.138. The average Bonchev–Trinajstić information content (AvgIpc) is 2.94. The van der Waals surface area contributed by atoms with E-state index < -0.39 is 0 Å². The van der Waals surface area contributed by atoms with E-state index >= 15 is 0 Å². The molecule has 1 saturated heterocycles. The van der Waals surface area contributed by atoms with Gasteiger partial charge >= 0.3 is 0 Å². The van der Waals surface area contributed by atoms with E-state index in [4.69, 9.17) is 11.6 Å². The zero-order valence-electron chi connectivity index (χ0n) is 19.8. The minimum Gasteiger partial charge on any atom is -0.368 e. The van der Waals surface area contributed by atoms with Crippen molar-refractivity contribution in [1.29, 1.82) is 0 Å². The lowest BCUT2D eigenvalue weighted by Gasteiger charge is -2.34. The molecule has 1 aromatic heterocycles. The number of carbonyl (C=O) groups is 2. The van der Waals surface area contributed by atoms with Gasteiger partial charge in [0.1, 0.15) is 5.69 Å². The number of carbonyl (C=O) groups excluding carboxylic acids is 2.